The highest BCUT2D eigenvalue weighted by Crippen LogP contribution is 2.37. The summed E-state index contributed by atoms with van der Waals surface area (Å²) in [5.74, 6) is 1.65. The Morgan fingerprint density at radius 1 is 1.22 bits per heavy atom. The number of aromatic nitrogens is 3. The third-order valence-corrected chi connectivity index (χ3v) is 2.89. The number of hydrogen-bond acceptors (Lipinski definition) is 7. The Hall–Kier alpha value is -1.63. The van der Waals surface area contributed by atoms with E-state index in [0.717, 1.165) is 19.4 Å². The van der Waals surface area contributed by atoms with Crippen molar-refractivity contribution < 1.29 is 5.11 Å². The Morgan fingerprint density at radius 2 is 1.89 bits per heavy atom. The minimum absolute atomic E-state index is 0.104. The van der Waals surface area contributed by atoms with Gasteiger partial charge >= 0.3 is 0 Å². The summed E-state index contributed by atoms with van der Waals surface area (Å²) in [6, 6.07) is 0. The van der Waals surface area contributed by atoms with E-state index in [9.17, 15) is 5.11 Å². The summed E-state index contributed by atoms with van der Waals surface area (Å²) in [6.07, 6.45) is 1.89. The minimum Gasteiger partial charge on any atom is -0.394 e. The maximum atomic E-state index is 9.31. The molecule has 0 radical (unpaired) electrons. The number of aliphatic hydroxyl groups excluding tert-OH is 1. The van der Waals surface area contributed by atoms with Gasteiger partial charge in [-0.05, 0) is 19.8 Å². The van der Waals surface area contributed by atoms with Crippen LogP contribution in [0, 0.1) is 0 Å². The zero-order valence-corrected chi connectivity index (χ0v) is 11.1. The zero-order chi connectivity index (χ0) is 13.2. The lowest BCUT2D eigenvalue weighted by Crippen LogP contribution is -2.28. The normalized spacial score (nSPS) is 16.2. The predicted octanol–water partition coefficient (Wildman–Crippen LogP) is 0.306. The number of hydrogen-bond donors (Lipinski definition) is 3. The lowest BCUT2D eigenvalue weighted by molar-refractivity contribution is 0.265. The molecule has 1 heterocycles. The van der Waals surface area contributed by atoms with Crippen LogP contribution in [0.3, 0.4) is 0 Å². The molecule has 7 nitrogen and oxygen atoms in total. The van der Waals surface area contributed by atoms with Gasteiger partial charge in [0.25, 0.3) is 0 Å². The second kappa shape index (κ2) is 4.93. The van der Waals surface area contributed by atoms with E-state index < -0.39 is 0 Å². The van der Waals surface area contributed by atoms with Gasteiger partial charge in [-0.15, -0.1) is 0 Å². The van der Waals surface area contributed by atoms with Crippen molar-refractivity contribution in [1.29, 1.82) is 0 Å². The van der Waals surface area contributed by atoms with Crippen LogP contribution < -0.4 is 15.5 Å². The van der Waals surface area contributed by atoms with Crippen molar-refractivity contribution in [2.24, 2.45) is 0 Å². The first-order valence-electron chi connectivity index (χ1n) is 6.15. The van der Waals surface area contributed by atoms with Gasteiger partial charge in [0, 0.05) is 20.6 Å². The topological polar surface area (TPSA) is 86.2 Å². The molecule has 18 heavy (non-hydrogen) atoms. The molecule has 1 saturated carbocycles. The summed E-state index contributed by atoms with van der Waals surface area (Å²) in [5.41, 5.74) is -0.228. The van der Waals surface area contributed by atoms with Gasteiger partial charge in [0.05, 0.1) is 12.1 Å². The van der Waals surface area contributed by atoms with Crippen molar-refractivity contribution in [3.8, 4) is 0 Å². The zero-order valence-electron chi connectivity index (χ0n) is 11.1. The molecule has 0 aromatic carbocycles. The van der Waals surface area contributed by atoms with Crippen LogP contribution >= 0.6 is 0 Å². The number of anilines is 3. The third kappa shape index (κ3) is 2.79. The van der Waals surface area contributed by atoms with Gasteiger partial charge in [0.15, 0.2) is 0 Å². The monoisotopic (exact) mass is 252 g/mol. The molecule has 100 valence electrons. The van der Waals surface area contributed by atoms with Crippen LogP contribution in [-0.2, 0) is 0 Å². The molecule has 1 aliphatic rings. The fraction of sp³-hybridized carbons (Fsp3) is 0.727. The first-order valence-corrected chi connectivity index (χ1v) is 6.15. The van der Waals surface area contributed by atoms with E-state index in [0.29, 0.717) is 17.8 Å². The predicted molar refractivity (Wildman–Crippen MR) is 71.0 cm³/mol. The molecule has 1 fully saturated rings. The standard InChI is InChI=1S/C11H20N6O/c1-4-12-8-13-9(15-10(14-8)17(2)3)16-11(7-18)5-6-11/h18H,4-7H2,1-3H3,(H2,12,13,14,15,16). The van der Waals surface area contributed by atoms with E-state index in [1.54, 1.807) is 0 Å². The van der Waals surface area contributed by atoms with Gasteiger partial charge in [-0.2, -0.15) is 15.0 Å². The molecule has 1 aliphatic carbocycles. The van der Waals surface area contributed by atoms with Crippen LogP contribution in [0.15, 0.2) is 0 Å². The first kappa shape index (κ1) is 12.8. The summed E-state index contributed by atoms with van der Waals surface area (Å²) in [7, 11) is 3.77. The molecule has 0 amide bonds. The number of aliphatic hydroxyl groups is 1. The van der Waals surface area contributed by atoms with Crippen molar-refractivity contribution in [1.82, 2.24) is 15.0 Å². The van der Waals surface area contributed by atoms with Crippen molar-refractivity contribution >= 4 is 17.8 Å². The lowest BCUT2D eigenvalue weighted by Gasteiger charge is -2.17. The van der Waals surface area contributed by atoms with E-state index in [-0.39, 0.29) is 12.1 Å². The highest BCUT2D eigenvalue weighted by molar-refractivity contribution is 5.45. The average Bonchev–Trinajstić information content (AvgIpc) is 3.09. The molecule has 7 heteroatoms. The van der Waals surface area contributed by atoms with Gasteiger partial charge in [-0.25, -0.2) is 0 Å². The smallest absolute Gasteiger partial charge is 0.231 e. The lowest BCUT2D eigenvalue weighted by atomic mass is 10.3. The fourth-order valence-electron chi connectivity index (χ4n) is 1.57. The summed E-state index contributed by atoms with van der Waals surface area (Å²) in [6.45, 7) is 2.84. The summed E-state index contributed by atoms with van der Waals surface area (Å²) < 4.78 is 0. The molecular formula is C11H20N6O. The summed E-state index contributed by atoms with van der Waals surface area (Å²) >= 11 is 0. The van der Waals surface area contributed by atoms with Crippen LogP contribution in [-0.4, -0.2) is 52.8 Å². The van der Waals surface area contributed by atoms with Gasteiger partial charge < -0.3 is 20.6 Å². The Morgan fingerprint density at radius 3 is 2.39 bits per heavy atom. The van der Waals surface area contributed by atoms with Gasteiger partial charge in [0.1, 0.15) is 0 Å². The molecule has 2 rings (SSSR count). The highest BCUT2D eigenvalue weighted by Gasteiger charge is 2.42. The molecule has 3 N–H and O–H groups in total. The second-order valence-electron chi connectivity index (χ2n) is 4.77. The molecule has 0 saturated heterocycles. The van der Waals surface area contributed by atoms with E-state index in [4.69, 9.17) is 0 Å². The van der Waals surface area contributed by atoms with E-state index >= 15 is 0 Å². The highest BCUT2D eigenvalue weighted by atomic mass is 16.3. The van der Waals surface area contributed by atoms with Gasteiger partial charge in [-0.3, -0.25) is 0 Å². The largest absolute Gasteiger partial charge is 0.394 e. The molecular weight excluding hydrogens is 232 g/mol. The van der Waals surface area contributed by atoms with Crippen molar-refractivity contribution in [3.05, 3.63) is 0 Å². The Balaban J connectivity index is 2.22. The Kier molecular flexibility index (Phi) is 3.51. The average molecular weight is 252 g/mol. The van der Waals surface area contributed by atoms with Crippen LogP contribution in [0.2, 0.25) is 0 Å². The van der Waals surface area contributed by atoms with Crippen LogP contribution in [0.4, 0.5) is 17.8 Å². The fourth-order valence-corrected chi connectivity index (χ4v) is 1.57. The summed E-state index contributed by atoms with van der Waals surface area (Å²) in [4.78, 5) is 14.7. The molecule has 0 atom stereocenters. The maximum absolute atomic E-state index is 9.31. The SMILES string of the molecule is CCNc1nc(NC2(CO)CC2)nc(N(C)C)n1. The molecule has 0 unspecified atom stereocenters. The second-order valence-corrected chi connectivity index (χ2v) is 4.77. The molecule has 0 aliphatic heterocycles. The molecule has 0 bridgehead atoms. The van der Waals surface area contributed by atoms with Crippen molar-refractivity contribution in [2.75, 3.05) is 42.8 Å². The van der Waals surface area contributed by atoms with Crippen molar-refractivity contribution in [3.63, 3.8) is 0 Å². The van der Waals surface area contributed by atoms with E-state index in [1.807, 2.05) is 25.9 Å². The first-order chi connectivity index (χ1) is 8.58. The number of nitrogens with one attached hydrogen (secondary N) is 2. The Labute approximate surface area is 107 Å². The van der Waals surface area contributed by atoms with Crippen LogP contribution in [0.1, 0.15) is 19.8 Å². The van der Waals surface area contributed by atoms with Gasteiger partial charge in [0.2, 0.25) is 17.8 Å². The molecule has 1 aromatic heterocycles. The Bertz CT molecular complexity index is 418. The van der Waals surface area contributed by atoms with Crippen LogP contribution in [0.5, 0.6) is 0 Å². The third-order valence-electron chi connectivity index (χ3n) is 2.89. The number of rotatable bonds is 6. The molecule has 1 aromatic rings. The minimum atomic E-state index is -0.228. The maximum Gasteiger partial charge on any atom is 0.231 e. The summed E-state index contributed by atoms with van der Waals surface area (Å²) in [5, 5.41) is 15.6. The van der Waals surface area contributed by atoms with Crippen LogP contribution in [0.25, 0.3) is 0 Å². The van der Waals surface area contributed by atoms with E-state index in [1.165, 1.54) is 0 Å². The van der Waals surface area contributed by atoms with Gasteiger partial charge in [-0.1, -0.05) is 0 Å². The number of nitrogens with zero attached hydrogens (tertiary/aromatic N) is 4. The molecule has 0 spiro atoms. The van der Waals surface area contributed by atoms with Crippen molar-refractivity contribution in [2.45, 2.75) is 25.3 Å². The quantitative estimate of drug-likeness (QED) is 0.671. The van der Waals surface area contributed by atoms with E-state index in [2.05, 4.69) is 25.6 Å².